The van der Waals surface area contributed by atoms with Gasteiger partial charge in [0.2, 0.25) is 5.75 Å². The van der Waals surface area contributed by atoms with Gasteiger partial charge in [-0.2, -0.15) is 0 Å². The molecule has 16 heavy (non-hydrogen) atoms. The third-order valence-electron chi connectivity index (χ3n) is 2.42. The van der Waals surface area contributed by atoms with E-state index in [-0.39, 0.29) is 5.92 Å². The van der Waals surface area contributed by atoms with Gasteiger partial charge in [-0.15, -0.1) is 0 Å². The number of rotatable bonds is 5. The third kappa shape index (κ3) is 2.27. The Morgan fingerprint density at radius 2 is 1.56 bits per heavy atom. The van der Waals surface area contributed by atoms with E-state index in [0.29, 0.717) is 17.2 Å². The van der Waals surface area contributed by atoms with Crippen LogP contribution in [0.1, 0.15) is 18.4 Å². The fourth-order valence-corrected chi connectivity index (χ4v) is 1.44. The predicted octanol–water partition coefficient (Wildman–Crippen LogP) is 2.01. The molecule has 0 fully saturated rings. The second kappa shape index (κ2) is 5.39. The van der Waals surface area contributed by atoms with Crippen LogP contribution in [-0.4, -0.2) is 27.6 Å². The summed E-state index contributed by atoms with van der Waals surface area (Å²) in [5.41, 5.74) is 0.838. The molecular formula is C12H16O4. The van der Waals surface area contributed by atoms with Crippen molar-refractivity contribution >= 4 is 6.29 Å². The molecule has 0 saturated carbocycles. The highest BCUT2D eigenvalue weighted by Crippen LogP contribution is 2.39. The second-order valence-electron chi connectivity index (χ2n) is 3.38. The summed E-state index contributed by atoms with van der Waals surface area (Å²) in [5.74, 6) is 1.46. The summed E-state index contributed by atoms with van der Waals surface area (Å²) in [4.78, 5) is 10.7. The first-order valence-electron chi connectivity index (χ1n) is 4.93. The molecule has 0 bridgehead atoms. The summed E-state index contributed by atoms with van der Waals surface area (Å²) in [5, 5.41) is 0. The number of hydrogen-bond acceptors (Lipinski definition) is 4. The molecule has 0 saturated heterocycles. The quantitative estimate of drug-likeness (QED) is 0.718. The molecule has 0 aromatic heterocycles. The molecule has 0 unspecified atom stereocenters. The fourth-order valence-electron chi connectivity index (χ4n) is 1.44. The summed E-state index contributed by atoms with van der Waals surface area (Å²) in [6.45, 7) is 1.81. The van der Waals surface area contributed by atoms with E-state index in [0.717, 1.165) is 11.8 Å². The van der Waals surface area contributed by atoms with Gasteiger partial charge in [0.25, 0.3) is 0 Å². The van der Waals surface area contributed by atoms with Crippen LogP contribution in [0.15, 0.2) is 12.1 Å². The predicted molar refractivity (Wildman–Crippen MR) is 60.6 cm³/mol. The maximum Gasteiger partial charge on any atom is 0.203 e. The van der Waals surface area contributed by atoms with Gasteiger partial charge >= 0.3 is 0 Å². The highest BCUT2D eigenvalue weighted by atomic mass is 16.5. The molecule has 4 nitrogen and oxygen atoms in total. The van der Waals surface area contributed by atoms with Gasteiger partial charge in [0.1, 0.15) is 6.29 Å². The molecule has 1 aromatic rings. The molecule has 1 aromatic carbocycles. The molecule has 0 aliphatic heterocycles. The molecule has 0 aliphatic rings. The van der Waals surface area contributed by atoms with E-state index in [9.17, 15) is 4.79 Å². The number of carbonyl (C=O) groups excluding carboxylic acids is 1. The fraction of sp³-hybridized carbons (Fsp3) is 0.417. The topological polar surface area (TPSA) is 44.8 Å². The third-order valence-corrected chi connectivity index (χ3v) is 2.42. The van der Waals surface area contributed by atoms with Crippen LogP contribution in [0.4, 0.5) is 0 Å². The summed E-state index contributed by atoms with van der Waals surface area (Å²) in [7, 11) is 4.64. The zero-order valence-electron chi connectivity index (χ0n) is 9.94. The van der Waals surface area contributed by atoms with Crippen molar-refractivity contribution in [1.29, 1.82) is 0 Å². The van der Waals surface area contributed by atoms with Gasteiger partial charge in [0, 0.05) is 5.92 Å². The lowest BCUT2D eigenvalue weighted by Gasteiger charge is -2.15. The van der Waals surface area contributed by atoms with E-state index < -0.39 is 0 Å². The van der Waals surface area contributed by atoms with Crippen molar-refractivity contribution < 1.29 is 19.0 Å². The summed E-state index contributed by atoms with van der Waals surface area (Å²) in [6, 6.07) is 3.56. The van der Waals surface area contributed by atoms with Gasteiger partial charge in [0.05, 0.1) is 21.3 Å². The smallest absolute Gasteiger partial charge is 0.203 e. The standard InChI is InChI=1S/C12H16O4/c1-8(7-13)9-5-10(14-2)12(16-4)11(6-9)15-3/h5-8H,1-4H3/t8-/m0/s1. The molecule has 0 radical (unpaired) electrons. The lowest BCUT2D eigenvalue weighted by molar-refractivity contribution is -0.108. The normalized spacial score (nSPS) is 11.8. The SMILES string of the molecule is COc1cc([C@@H](C)C=O)cc(OC)c1OC. The van der Waals surface area contributed by atoms with E-state index in [1.54, 1.807) is 33.5 Å². The van der Waals surface area contributed by atoms with Gasteiger partial charge in [-0.25, -0.2) is 0 Å². The Balaban J connectivity index is 3.30. The Bertz CT molecular complexity index is 348. The van der Waals surface area contributed by atoms with Gasteiger partial charge in [-0.05, 0) is 17.7 Å². The lowest BCUT2D eigenvalue weighted by Crippen LogP contribution is -2.00. The Labute approximate surface area is 95.1 Å². The van der Waals surface area contributed by atoms with Crippen LogP contribution < -0.4 is 14.2 Å². The number of carbonyl (C=O) groups is 1. The largest absolute Gasteiger partial charge is 0.493 e. The zero-order valence-corrected chi connectivity index (χ0v) is 9.94. The summed E-state index contributed by atoms with van der Waals surface area (Å²) >= 11 is 0. The highest BCUT2D eigenvalue weighted by molar-refractivity contribution is 5.65. The Hall–Kier alpha value is -1.71. The van der Waals surface area contributed by atoms with Crippen LogP contribution in [0.2, 0.25) is 0 Å². The minimum Gasteiger partial charge on any atom is -0.493 e. The first-order valence-corrected chi connectivity index (χ1v) is 4.93. The summed E-state index contributed by atoms with van der Waals surface area (Å²) in [6.07, 6.45) is 0.876. The van der Waals surface area contributed by atoms with Crippen molar-refractivity contribution in [3.8, 4) is 17.2 Å². The van der Waals surface area contributed by atoms with Crippen molar-refractivity contribution in [2.75, 3.05) is 21.3 Å². The van der Waals surface area contributed by atoms with Gasteiger partial charge in [-0.3, -0.25) is 0 Å². The number of ether oxygens (including phenoxy) is 3. The van der Waals surface area contributed by atoms with Crippen molar-refractivity contribution in [2.24, 2.45) is 0 Å². The van der Waals surface area contributed by atoms with Crippen LogP contribution in [-0.2, 0) is 4.79 Å². The van der Waals surface area contributed by atoms with Crippen molar-refractivity contribution in [3.63, 3.8) is 0 Å². The van der Waals surface area contributed by atoms with E-state index >= 15 is 0 Å². The molecule has 0 spiro atoms. The van der Waals surface area contributed by atoms with E-state index in [2.05, 4.69) is 0 Å². The molecule has 0 aliphatic carbocycles. The van der Waals surface area contributed by atoms with Crippen LogP contribution in [0.3, 0.4) is 0 Å². The van der Waals surface area contributed by atoms with Gasteiger partial charge in [0.15, 0.2) is 11.5 Å². The number of methoxy groups -OCH3 is 3. The molecular weight excluding hydrogens is 208 g/mol. The molecule has 4 heteroatoms. The van der Waals surface area contributed by atoms with Gasteiger partial charge in [-0.1, -0.05) is 6.92 Å². The Morgan fingerprint density at radius 3 is 1.88 bits per heavy atom. The van der Waals surface area contributed by atoms with E-state index in [4.69, 9.17) is 14.2 Å². The Kier molecular flexibility index (Phi) is 4.17. The van der Waals surface area contributed by atoms with Crippen LogP contribution in [0, 0.1) is 0 Å². The average Bonchev–Trinajstić information content (AvgIpc) is 2.35. The van der Waals surface area contributed by atoms with Crippen molar-refractivity contribution in [2.45, 2.75) is 12.8 Å². The molecule has 1 rings (SSSR count). The maximum atomic E-state index is 10.7. The monoisotopic (exact) mass is 224 g/mol. The number of hydrogen-bond donors (Lipinski definition) is 0. The molecule has 0 heterocycles. The lowest BCUT2D eigenvalue weighted by atomic mass is 10.0. The molecule has 1 atom stereocenters. The number of benzene rings is 1. The summed E-state index contributed by atoms with van der Waals surface area (Å²) < 4.78 is 15.6. The minimum absolute atomic E-state index is 0.200. The first kappa shape index (κ1) is 12.4. The molecule has 0 amide bonds. The average molecular weight is 224 g/mol. The van der Waals surface area contributed by atoms with Crippen molar-refractivity contribution in [3.05, 3.63) is 17.7 Å². The molecule has 88 valence electrons. The van der Waals surface area contributed by atoms with E-state index in [1.165, 1.54) is 0 Å². The maximum absolute atomic E-state index is 10.7. The van der Waals surface area contributed by atoms with Gasteiger partial charge < -0.3 is 19.0 Å². The Morgan fingerprint density at radius 1 is 1.06 bits per heavy atom. The molecule has 0 N–H and O–H groups in total. The van der Waals surface area contributed by atoms with Crippen LogP contribution >= 0.6 is 0 Å². The number of aldehydes is 1. The zero-order chi connectivity index (χ0) is 12.1. The minimum atomic E-state index is -0.200. The van der Waals surface area contributed by atoms with Crippen molar-refractivity contribution in [1.82, 2.24) is 0 Å². The highest BCUT2D eigenvalue weighted by Gasteiger charge is 2.15. The van der Waals surface area contributed by atoms with E-state index in [1.807, 2.05) is 6.92 Å². The van der Waals surface area contributed by atoms with Crippen LogP contribution in [0.25, 0.3) is 0 Å². The first-order chi connectivity index (χ1) is 7.67. The van der Waals surface area contributed by atoms with Crippen LogP contribution in [0.5, 0.6) is 17.2 Å². The second-order valence-corrected chi connectivity index (χ2v) is 3.38.